The molecule has 0 unspecified atom stereocenters. The third kappa shape index (κ3) is 3.72. The summed E-state index contributed by atoms with van der Waals surface area (Å²) >= 11 is 5.81. The molecule has 4 rings (SSSR count). The number of ketones is 1. The summed E-state index contributed by atoms with van der Waals surface area (Å²) in [6, 6.07) is 0. The normalized spacial score (nSPS) is 43.5. The molecule has 3 saturated carbocycles. The smallest absolute Gasteiger partial charge is 0.306 e. The molecule has 0 aromatic rings. The molecule has 5 nitrogen and oxygen atoms in total. The summed E-state index contributed by atoms with van der Waals surface area (Å²) in [5.74, 6) is -3.43. The molecule has 0 heterocycles. The number of carbonyl (C=O) groups excluding carboxylic acids is 2. The molecule has 8 heteroatoms. The van der Waals surface area contributed by atoms with Crippen LogP contribution in [0.4, 0.5) is 8.78 Å². The zero-order valence-corrected chi connectivity index (χ0v) is 22.6. The molecule has 36 heavy (non-hydrogen) atoms. The number of alkyl halides is 1. The predicted octanol–water partition coefficient (Wildman–Crippen LogP) is 5.59. The lowest BCUT2D eigenvalue weighted by molar-refractivity contribution is -0.188. The number of aliphatic hydroxyl groups is 1. The van der Waals surface area contributed by atoms with Gasteiger partial charge in [0.1, 0.15) is 6.17 Å². The summed E-state index contributed by atoms with van der Waals surface area (Å²) in [6.07, 6.45) is 2.86. The fraction of sp³-hybridized carbons (Fsp3) is 0.750. The molecule has 0 aromatic heterocycles. The summed E-state index contributed by atoms with van der Waals surface area (Å²) in [7, 11) is 0. The first-order valence-electron chi connectivity index (χ1n) is 13.2. The van der Waals surface area contributed by atoms with Gasteiger partial charge in [-0.2, -0.15) is 0 Å². The maximum absolute atomic E-state index is 15.7. The van der Waals surface area contributed by atoms with Crippen molar-refractivity contribution in [2.45, 2.75) is 91.0 Å². The number of ether oxygens (including phenoxy) is 2. The highest BCUT2D eigenvalue weighted by molar-refractivity contribution is 7.80. The second kappa shape index (κ2) is 9.57. The Morgan fingerprint density at radius 2 is 1.97 bits per heavy atom. The van der Waals surface area contributed by atoms with Gasteiger partial charge >= 0.3 is 5.97 Å². The van der Waals surface area contributed by atoms with Crippen molar-refractivity contribution in [1.82, 2.24) is 0 Å². The molecule has 0 amide bonds. The van der Waals surface area contributed by atoms with Crippen molar-refractivity contribution in [2.75, 3.05) is 6.61 Å². The van der Waals surface area contributed by atoms with Gasteiger partial charge in [-0.15, -0.1) is 0 Å². The molecule has 0 bridgehead atoms. The summed E-state index contributed by atoms with van der Waals surface area (Å²) in [5.41, 5.74) is -3.31. The molecule has 0 saturated heterocycles. The van der Waals surface area contributed by atoms with E-state index in [2.05, 4.69) is 0 Å². The molecule has 3 fully saturated rings. The van der Waals surface area contributed by atoms with Crippen LogP contribution in [-0.2, 0) is 19.1 Å². The molecule has 9 atom stereocenters. The zero-order chi connectivity index (χ0) is 26.6. The summed E-state index contributed by atoms with van der Waals surface area (Å²) in [6.45, 7) is 9.84. The molecule has 4 aliphatic carbocycles. The van der Waals surface area contributed by atoms with Gasteiger partial charge in [0, 0.05) is 34.7 Å². The third-order valence-corrected chi connectivity index (χ3v) is 10.1. The quantitative estimate of drug-likeness (QED) is 0.277. The van der Waals surface area contributed by atoms with Crippen LogP contribution in [0.1, 0.15) is 73.1 Å². The van der Waals surface area contributed by atoms with Gasteiger partial charge in [0.2, 0.25) is 10.8 Å². The number of carbonyl (C=O) groups is 2. The van der Waals surface area contributed by atoms with Crippen LogP contribution in [0.2, 0.25) is 0 Å². The number of thiocarbonyl (C=S) groups is 1. The Hall–Kier alpha value is -1.67. The van der Waals surface area contributed by atoms with Crippen LogP contribution >= 0.6 is 12.2 Å². The van der Waals surface area contributed by atoms with Crippen LogP contribution in [0.15, 0.2) is 23.6 Å². The first-order chi connectivity index (χ1) is 16.9. The molecule has 4 aliphatic rings. The number of halogens is 2. The predicted molar refractivity (Wildman–Crippen MR) is 135 cm³/mol. The molecule has 200 valence electrons. The van der Waals surface area contributed by atoms with Gasteiger partial charge in [0.15, 0.2) is 11.4 Å². The van der Waals surface area contributed by atoms with Gasteiger partial charge in [-0.3, -0.25) is 9.59 Å². The number of aliphatic hydroxyl groups excluding tert-OH is 1. The van der Waals surface area contributed by atoms with Gasteiger partial charge in [-0.05, 0) is 55.8 Å². The Balaban J connectivity index is 1.80. The maximum Gasteiger partial charge on any atom is 0.306 e. The Morgan fingerprint density at radius 3 is 2.61 bits per heavy atom. The topological polar surface area (TPSA) is 72.8 Å². The second-order valence-corrected chi connectivity index (χ2v) is 12.0. The monoisotopic (exact) mass is 524 g/mol. The van der Waals surface area contributed by atoms with Crippen LogP contribution in [0.3, 0.4) is 0 Å². The van der Waals surface area contributed by atoms with Crippen LogP contribution in [0.25, 0.3) is 0 Å². The van der Waals surface area contributed by atoms with Gasteiger partial charge in [-0.25, -0.2) is 8.78 Å². The van der Waals surface area contributed by atoms with Crippen molar-refractivity contribution in [3.05, 3.63) is 23.6 Å². The van der Waals surface area contributed by atoms with Crippen LogP contribution in [0.5, 0.6) is 0 Å². The molecule has 0 spiro atoms. The summed E-state index contributed by atoms with van der Waals surface area (Å²) in [4.78, 5) is 24.8. The van der Waals surface area contributed by atoms with Crippen molar-refractivity contribution >= 4 is 29.0 Å². The van der Waals surface area contributed by atoms with Crippen molar-refractivity contribution in [1.29, 1.82) is 0 Å². The minimum Gasteiger partial charge on any atom is -0.483 e. The molecular formula is C28H38F2O5S. The van der Waals surface area contributed by atoms with Crippen LogP contribution in [0, 0.1) is 34.5 Å². The van der Waals surface area contributed by atoms with Crippen LogP contribution in [-0.4, -0.2) is 46.4 Å². The van der Waals surface area contributed by atoms with E-state index in [9.17, 15) is 19.1 Å². The number of allylic oxidation sites excluding steroid dienone is 4. The number of rotatable bonds is 6. The van der Waals surface area contributed by atoms with Crippen molar-refractivity contribution < 1.29 is 33.0 Å². The van der Waals surface area contributed by atoms with E-state index in [1.54, 1.807) is 19.9 Å². The van der Waals surface area contributed by atoms with E-state index in [0.29, 0.717) is 13.0 Å². The first kappa shape index (κ1) is 27.4. The molecule has 0 radical (unpaired) electrons. The highest BCUT2D eigenvalue weighted by Crippen LogP contribution is 2.70. The van der Waals surface area contributed by atoms with E-state index in [-0.39, 0.29) is 47.6 Å². The van der Waals surface area contributed by atoms with E-state index in [1.165, 1.54) is 0 Å². The maximum atomic E-state index is 15.7. The average molecular weight is 525 g/mol. The molecule has 1 N–H and O–H groups in total. The summed E-state index contributed by atoms with van der Waals surface area (Å²) < 4.78 is 42.8. The Morgan fingerprint density at radius 1 is 1.28 bits per heavy atom. The summed E-state index contributed by atoms with van der Waals surface area (Å²) in [5, 5.41) is 11.9. The minimum atomic E-state index is -1.64. The Bertz CT molecular complexity index is 1010. The largest absolute Gasteiger partial charge is 0.483 e. The van der Waals surface area contributed by atoms with E-state index in [4.69, 9.17) is 21.7 Å². The van der Waals surface area contributed by atoms with E-state index >= 15 is 4.39 Å². The first-order valence-corrected chi connectivity index (χ1v) is 13.6. The molecule has 0 aromatic carbocycles. The van der Waals surface area contributed by atoms with Crippen molar-refractivity contribution in [3.8, 4) is 0 Å². The van der Waals surface area contributed by atoms with Crippen molar-refractivity contribution in [2.24, 2.45) is 34.5 Å². The lowest BCUT2D eigenvalue weighted by atomic mass is 9.46. The Kier molecular flexibility index (Phi) is 7.28. The Labute approximate surface area is 217 Å². The SMILES string of the molecule is CCCCOC(=S)[C@@]1(OC(=O)CC)[C@@H](C)C[C@H]2[C@@H]3C[C@H](F)C4=C(F)C(=O)C=C[C@]4(C)[C@H]3[C@@H](O)C[C@@]21C. The zero-order valence-electron chi connectivity index (χ0n) is 21.8. The lowest BCUT2D eigenvalue weighted by Crippen LogP contribution is -2.64. The lowest BCUT2D eigenvalue weighted by Gasteiger charge is -2.60. The molecule has 0 aliphatic heterocycles. The number of hydrogen-bond donors (Lipinski definition) is 1. The van der Waals surface area contributed by atoms with Crippen LogP contribution < -0.4 is 0 Å². The third-order valence-electron chi connectivity index (χ3n) is 9.69. The number of unbranched alkanes of at least 4 members (excludes halogenated alkanes) is 1. The van der Waals surface area contributed by atoms with E-state index < -0.39 is 52.2 Å². The van der Waals surface area contributed by atoms with E-state index in [0.717, 1.165) is 18.9 Å². The van der Waals surface area contributed by atoms with Gasteiger partial charge < -0.3 is 14.6 Å². The standard InChI is InChI=1S/C28H38F2O5S/c1-6-8-11-34-25(36)28(35-21(33)7-2)15(3)12-17-16-13-18(29)23-24(30)19(31)9-10-26(23,4)22(16)20(32)14-27(17,28)5/h9-10,15-18,20,22,32H,6-8,11-14H2,1-5H3/t15-,16-,17-,18-,20-,22+,26+,27-,28-/m0/s1. The highest BCUT2D eigenvalue weighted by atomic mass is 32.1. The van der Waals surface area contributed by atoms with Gasteiger partial charge in [-0.1, -0.05) is 47.1 Å². The number of fused-ring (bicyclic) bond motifs is 5. The van der Waals surface area contributed by atoms with Gasteiger partial charge in [0.05, 0.1) is 12.7 Å². The minimum absolute atomic E-state index is 0.00454. The second-order valence-electron chi connectivity index (χ2n) is 11.6. The fourth-order valence-corrected chi connectivity index (χ4v) is 8.67. The average Bonchev–Trinajstić information content (AvgIpc) is 3.03. The number of hydrogen-bond acceptors (Lipinski definition) is 6. The number of esters is 1. The fourth-order valence-electron chi connectivity index (χ4n) is 8.11. The van der Waals surface area contributed by atoms with E-state index in [1.807, 2.05) is 20.8 Å². The highest BCUT2D eigenvalue weighted by Gasteiger charge is 2.73. The van der Waals surface area contributed by atoms with Crippen molar-refractivity contribution in [3.63, 3.8) is 0 Å². The molecular weight excluding hydrogens is 486 g/mol. The van der Waals surface area contributed by atoms with Gasteiger partial charge in [0.25, 0.3) is 0 Å².